The van der Waals surface area contributed by atoms with Crippen molar-refractivity contribution in [2.45, 2.75) is 38.3 Å². The fourth-order valence-corrected chi connectivity index (χ4v) is 3.53. The Bertz CT molecular complexity index is 1230. The number of hydrogen-bond donors (Lipinski definition) is 3. The fraction of sp³-hybridized carbons (Fsp3) is 0.292. The number of aromatic hydroxyl groups is 1. The number of nitrogens with zero attached hydrogens (tertiary/aromatic N) is 2. The molecule has 0 atom stereocenters. The molecule has 34 heavy (non-hydrogen) atoms. The van der Waals surface area contributed by atoms with Gasteiger partial charge in [-0.25, -0.2) is 4.79 Å². The lowest BCUT2D eigenvalue weighted by atomic mass is 10.1. The van der Waals surface area contributed by atoms with Crippen LogP contribution in [0.3, 0.4) is 0 Å². The summed E-state index contributed by atoms with van der Waals surface area (Å²) in [6.45, 7) is 2.44. The van der Waals surface area contributed by atoms with Gasteiger partial charge in [-0.05, 0) is 61.7 Å². The van der Waals surface area contributed by atoms with Crippen molar-refractivity contribution in [3.8, 4) is 17.0 Å². The number of hydrogen-bond acceptors (Lipinski definition) is 4. The van der Waals surface area contributed by atoms with E-state index in [1.54, 1.807) is 6.07 Å². The van der Waals surface area contributed by atoms with E-state index in [4.69, 9.17) is 0 Å². The smallest absolute Gasteiger partial charge is 0.416 e. The van der Waals surface area contributed by atoms with E-state index >= 15 is 0 Å². The van der Waals surface area contributed by atoms with Crippen molar-refractivity contribution in [2.24, 2.45) is 0 Å². The third-order valence-electron chi connectivity index (χ3n) is 5.43. The largest absolute Gasteiger partial charge is 0.507 e. The lowest BCUT2D eigenvalue weighted by Crippen LogP contribution is -2.31. The maximum atomic E-state index is 13.0. The van der Waals surface area contributed by atoms with Crippen LogP contribution in [-0.4, -0.2) is 33.4 Å². The molecule has 2 amide bonds. The average molecular weight is 472 g/mol. The van der Waals surface area contributed by atoms with Crippen LogP contribution in [0, 0.1) is 0 Å². The van der Waals surface area contributed by atoms with Crippen molar-refractivity contribution in [3.63, 3.8) is 0 Å². The van der Waals surface area contributed by atoms with Gasteiger partial charge in [0.25, 0.3) is 5.91 Å². The summed E-state index contributed by atoms with van der Waals surface area (Å²) in [6.07, 6.45) is -1.92. The molecule has 1 heterocycles. The third-order valence-corrected chi connectivity index (χ3v) is 5.43. The van der Waals surface area contributed by atoms with E-state index in [1.165, 1.54) is 28.9 Å². The number of halogens is 3. The van der Waals surface area contributed by atoms with E-state index in [2.05, 4.69) is 15.7 Å². The molecule has 3 aromatic rings. The first-order valence-corrected chi connectivity index (χ1v) is 10.9. The van der Waals surface area contributed by atoms with Crippen LogP contribution in [0.2, 0.25) is 0 Å². The minimum atomic E-state index is -4.57. The Morgan fingerprint density at radius 1 is 1.15 bits per heavy atom. The zero-order valence-corrected chi connectivity index (χ0v) is 18.3. The summed E-state index contributed by atoms with van der Waals surface area (Å²) < 4.78 is 40.2. The average Bonchev–Trinajstić information content (AvgIpc) is 3.56. The van der Waals surface area contributed by atoms with Crippen LogP contribution in [0.4, 0.5) is 23.7 Å². The molecule has 1 aliphatic rings. The van der Waals surface area contributed by atoms with Gasteiger partial charge in [-0.1, -0.05) is 13.0 Å². The Morgan fingerprint density at radius 2 is 1.91 bits per heavy atom. The van der Waals surface area contributed by atoms with E-state index in [1.807, 2.05) is 6.92 Å². The van der Waals surface area contributed by atoms with Gasteiger partial charge >= 0.3 is 12.2 Å². The van der Waals surface area contributed by atoms with Crippen LogP contribution in [0.25, 0.3) is 11.3 Å². The number of alkyl halides is 3. The Morgan fingerprint density at radius 3 is 2.59 bits per heavy atom. The van der Waals surface area contributed by atoms with Gasteiger partial charge in [-0.3, -0.25) is 4.79 Å². The number of phenols is 1. The molecule has 0 radical (unpaired) electrons. The summed E-state index contributed by atoms with van der Waals surface area (Å²) in [4.78, 5) is 25.1. The lowest BCUT2D eigenvalue weighted by Gasteiger charge is -2.10. The van der Waals surface area contributed by atoms with Crippen molar-refractivity contribution in [2.75, 3.05) is 11.9 Å². The molecular formula is C24H23F3N4O3. The third kappa shape index (κ3) is 5.05. The van der Waals surface area contributed by atoms with Crippen LogP contribution in [-0.2, 0) is 6.18 Å². The molecule has 0 unspecified atom stereocenters. The molecule has 3 N–H and O–H groups in total. The van der Waals surface area contributed by atoms with Crippen molar-refractivity contribution in [1.29, 1.82) is 0 Å². The monoisotopic (exact) mass is 472 g/mol. The minimum Gasteiger partial charge on any atom is -0.507 e. The number of carbonyl (C=O) groups is 2. The number of anilines is 1. The molecule has 0 bridgehead atoms. The van der Waals surface area contributed by atoms with E-state index < -0.39 is 17.6 Å². The molecule has 1 aliphatic carbocycles. The Kier molecular flexibility index (Phi) is 6.32. The minimum absolute atomic E-state index is 0.113. The SMILES string of the molecule is CCCNC(=O)n1nc(-c2cc(NC(=O)c3cccc(C(F)(F)F)c3)ccc2O)cc1C1CC1. The first-order valence-electron chi connectivity index (χ1n) is 10.9. The van der Waals surface area contributed by atoms with Crippen molar-refractivity contribution < 1.29 is 27.9 Å². The number of nitrogens with one attached hydrogen (secondary N) is 2. The van der Waals surface area contributed by atoms with Gasteiger partial charge in [0, 0.05) is 29.3 Å². The van der Waals surface area contributed by atoms with Gasteiger partial charge in [-0.15, -0.1) is 0 Å². The topological polar surface area (TPSA) is 96.3 Å². The van der Waals surface area contributed by atoms with E-state index in [-0.39, 0.29) is 34.5 Å². The summed E-state index contributed by atoms with van der Waals surface area (Å²) in [5, 5.41) is 20.1. The second-order valence-electron chi connectivity index (χ2n) is 8.14. The molecule has 1 fully saturated rings. The highest BCUT2D eigenvalue weighted by Crippen LogP contribution is 2.42. The van der Waals surface area contributed by atoms with Crippen LogP contribution in [0.15, 0.2) is 48.5 Å². The lowest BCUT2D eigenvalue weighted by molar-refractivity contribution is -0.137. The molecule has 0 saturated heterocycles. The number of phenolic OH excluding ortho intramolecular Hbond substituents is 1. The second-order valence-corrected chi connectivity index (χ2v) is 8.14. The highest BCUT2D eigenvalue weighted by Gasteiger charge is 2.32. The normalized spacial score (nSPS) is 13.5. The highest BCUT2D eigenvalue weighted by molar-refractivity contribution is 6.04. The quantitative estimate of drug-likeness (QED) is 0.420. The van der Waals surface area contributed by atoms with Gasteiger partial charge < -0.3 is 15.7 Å². The predicted octanol–water partition coefficient (Wildman–Crippen LogP) is 5.37. The zero-order chi connectivity index (χ0) is 24.5. The van der Waals surface area contributed by atoms with Gasteiger partial charge in [0.15, 0.2) is 0 Å². The van der Waals surface area contributed by atoms with Gasteiger partial charge in [0.2, 0.25) is 0 Å². The molecule has 178 valence electrons. The molecule has 1 aromatic heterocycles. The van der Waals surface area contributed by atoms with Crippen LogP contribution in [0.1, 0.15) is 53.7 Å². The maximum Gasteiger partial charge on any atom is 0.416 e. The number of benzene rings is 2. The number of amides is 2. The highest BCUT2D eigenvalue weighted by atomic mass is 19.4. The summed E-state index contributed by atoms with van der Waals surface area (Å²) in [6, 6.07) is 9.73. The van der Waals surface area contributed by atoms with E-state index in [9.17, 15) is 27.9 Å². The molecule has 0 aliphatic heterocycles. The molecule has 0 spiro atoms. The summed E-state index contributed by atoms with van der Waals surface area (Å²) in [7, 11) is 0. The molecular weight excluding hydrogens is 449 g/mol. The van der Waals surface area contributed by atoms with Gasteiger partial charge in [-0.2, -0.15) is 23.0 Å². The van der Waals surface area contributed by atoms with Gasteiger partial charge in [0.05, 0.1) is 17.0 Å². The Balaban J connectivity index is 1.61. The van der Waals surface area contributed by atoms with Crippen molar-refractivity contribution in [3.05, 3.63) is 65.4 Å². The predicted molar refractivity (Wildman–Crippen MR) is 120 cm³/mol. The number of rotatable bonds is 6. The van der Waals surface area contributed by atoms with Gasteiger partial charge in [0.1, 0.15) is 5.75 Å². The van der Waals surface area contributed by atoms with Crippen molar-refractivity contribution in [1.82, 2.24) is 15.1 Å². The zero-order valence-electron chi connectivity index (χ0n) is 18.3. The molecule has 7 nitrogen and oxygen atoms in total. The standard InChI is InChI=1S/C24H23F3N4O3/c1-2-10-28-23(34)31-20(14-6-7-14)13-19(30-31)18-12-17(8-9-21(18)32)29-22(33)15-4-3-5-16(11-15)24(25,26)27/h3-5,8-9,11-14,32H,2,6-7,10H2,1H3,(H,28,34)(H,29,33). The fourth-order valence-electron chi connectivity index (χ4n) is 3.53. The molecule has 4 rings (SSSR count). The first-order chi connectivity index (χ1) is 16.2. The summed E-state index contributed by atoms with van der Waals surface area (Å²) >= 11 is 0. The molecule has 10 heteroatoms. The Labute approximate surface area is 193 Å². The number of carbonyl (C=O) groups excluding carboxylic acids is 2. The van der Waals surface area contributed by atoms with E-state index in [0.717, 1.165) is 43.2 Å². The number of aromatic nitrogens is 2. The van der Waals surface area contributed by atoms with Crippen LogP contribution < -0.4 is 10.6 Å². The molecule has 2 aromatic carbocycles. The Hall–Kier alpha value is -3.82. The van der Waals surface area contributed by atoms with Crippen LogP contribution >= 0.6 is 0 Å². The summed E-state index contributed by atoms with van der Waals surface area (Å²) in [5.74, 6) is -0.636. The van der Waals surface area contributed by atoms with Crippen molar-refractivity contribution >= 4 is 17.6 Å². The first kappa shape index (κ1) is 23.3. The second kappa shape index (κ2) is 9.20. The summed E-state index contributed by atoms with van der Waals surface area (Å²) in [5.41, 5.74) is 0.546. The maximum absolute atomic E-state index is 13.0. The molecule has 1 saturated carbocycles. The van der Waals surface area contributed by atoms with Crippen LogP contribution in [0.5, 0.6) is 5.75 Å². The van der Waals surface area contributed by atoms with E-state index in [0.29, 0.717) is 12.2 Å².